The van der Waals surface area contributed by atoms with Gasteiger partial charge in [-0.1, -0.05) is 6.92 Å². The van der Waals surface area contributed by atoms with Gasteiger partial charge in [-0.25, -0.2) is 0 Å². The molecule has 1 atom stereocenters. The summed E-state index contributed by atoms with van der Waals surface area (Å²) in [6.07, 6.45) is 1.44. The van der Waals surface area contributed by atoms with Gasteiger partial charge < -0.3 is 13.6 Å². The summed E-state index contributed by atoms with van der Waals surface area (Å²) in [4.78, 5) is 10.8. The van der Waals surface area contributed by atoms with E-state index in [0.29, 0.717) is 6.42 Å². The molecular weight excluding hydrogens is 240 g/mol. The molecule has 0 aliphatic heterocycles. The lowest BCUT2D eigenvalue weighted by molar-refractivity contribution is -0.108. The van der Waals surface area contributed by atoms with E-state index in [1.54, 1.807) is 0 Å². The molecule has 1 unspecified atom stereocenters. The van der Waals surface area contributed by atoms with E-state index in [1.807, 2.05) is 39.0 Å². The summed E-state index contributed by atoms with van der Waals surface area (Å²) in [5, 5.41) is 2.08. The molecule has 0 amide bonds. The SMILES string of the molecule is Cc1cc2c(C(C)CC=O)c3oc(C)cc3cc2o1. The van der Waals surface area contributed by atoms with Gasteiger partial charge in [0.15, 0.2) is 0 Å². The molecule has 1 aromatic carbocycles. The molecule has 3 aromatic rings. The first-order valence-electron chi connectivity index (χ1n) is 6.47. The first-order valence-corrected chi connectivity index (χ1v) is 6.47. The second kappa shape index (κ2) is 4.26. The number of carbonyl (C=O) groups is 1. The van der Waals surface area contributed by atoms with Crippen molar-refractivity contribution in [3.05, 3.63) is 35.3 Å². The molecule has 0 spiro atoms. The van der Waals surface area contributed by atoms with Crippen molar-refractivity contribution >= 4 is 28.2 Å². The van der Waals surface area contributed by atoms with Gasteiger partial charge >= 0.3 is 0 Å². The van der Waals surface area contributed by atoms with E-state index in [1.165, 1.54) is 0 Å². The lowest BCUT2D eigenvalue weighted by Crippen LogP contribution is -1.95. The maximum absolute atomic E-state index is 10.8. The highest BCUT2D eigenvalue weighted by Crippen LogP contribution is 2.37. The molecule has 3 nitrogen and oxygen atoms in total. The fourth-order valence-electron chi connectivity index (χ4n) is 2.72. The average Bonchev–Trinajstić information content (AvgIpc) is 2.86. The van der Waals surface area contributed by atoms with Gasteiger partial charge in [-0.2, -0.15) is 0 Å². The Morgan fingerprint density at radius 1 is 1.16 bits per heavy atom. The van der Waals surface area contributed by atoms with Crippen LogP contribution in [0.25, 0.3) is 21.9 Å². The van der Waals surface area contributed by atoms with Crippen molar-refractivity contribution in [2.75, 3.05) is 0 Å². The van der Waals surface area contributed by atoms with Gasteiger partial charge in [-0.05, 0) is 38.0 Å². The zero-order valence-electron chi connectivity index (χ0n) is 11.3. The molecule has 2 heterocycles. The Bertz CT molecular complexity index is 706. The Morgan fingerprint density at radius 3 is 2.63 bits per heavy atom. The number of aryl methyl sites for hydroxylation is 2. The molecule has 0 N–H and O–H groups in total. The summed E-state index contributed by atoms with van der Waals surface area (Å²) in [5.41, 5.74) is 2.81. The standard InChI is InChI=1S/C16H16O3/c1-9(4-5-17)15-13-7-11(3)18-14(13)8-12-6-10(2)19-16(12)15/h5-9H,4H2,1-3H3. The Hall–Kier alpha value is -2.03. The second-order valence-corrected chi connectivity index (χ2v) is 5.14. The van der Waals surface area contributed by atoms with Crippen LogP contribution < -0.4 is 0 Å². The zero-order valence-corrected chi connectivity index (χ0v) is 11.3. The van der Waals surface area contributed by atoms with Crippen LogP contribution in [0.15, 0.2) is 27.0 Å². The molecule has 3 heteroatoms. The summed E-state index contributed by atoms with van der Waals surface area (Å²) >= 11 is 0. The van der Waals surface area contributed by atoms with Gasteiger partial charge in [-0.15, -0.1) is 0 Å². The average molecular weight is 256 g/mol. The van der Waals surface area contributed by atoms with Crippen LogP contribution >= 0.6 is 0 Å². The van der Waals surface area contributed by atoms with Gasteiger partial charge in [0.05, 0.1) is 0 Å². The number of benzene rings is 1. The molecule has 19 heavy (non-hydrogen) atoms. The predicted octanol–water partition coefficient (Wildman–Crippen LogP) is 4.49. The minimum Gasteiger partial charge on any atom is -0.461 e. The van der Waals surface area contributed by atoms with Crippen LogP contribution in [-0.4, -0.2) is 6.29 Å². The number of rotatable bonds is 3. The van der Waals surface area contributed by atoms with E-state index in [-0.39, 0.29) is 5.92 Å². The number of furan rings is 2. The molecule has 0 bridgehead atoms. The van der Waals surface area contributed by atoms with Crippen LogP contribution in [0.1, 0.15) is 36.3 Å². The molecule has 3 rings (SSSR count). The molecule has 0 saturated carbocycles. The lowest BCUT2D eigenvalue weighted by Gasteiger charge is -2.10. The van der Waals surface area contributed by atoms with Gasteiger partial charge in [0.1, 0.15) is 29.0 Å². The Morgan fingerprint density at radius 2 is 1.89 bits per heavy atom. The lowest BCUT2D eigenvalue weighted by atomic mass is 9.93. The molecule has 0 aliphatic rings. The Labute approximate surface area is 111 Å². The smallest absolute Gasteiger partial charge is 0.138 e. The first kappa shape index (κ1) is 12.0. The Balaban J connectivity index is 2.40. The Kier molecular flexibility index (Phi) is 2.70. The van der Waals surface area contributed by atoms with E-state index in [2.05, 4.69) is 0 Å². The van der Waals surface area contributed by atoms with Gasteiger partial charge in [0.25, 0.3) is 0 Å². The summed E-state index contributed by atoms with van der Waals surface area (Å²) in [6, 6.07) is 6.03. The van der Waals surface area contributed by atoms with Crippen molar-refractivity contribution in [1.29, 1.82) is 0 Å². The maximum atomic E-state index is 10.8. The fourth-order valence-corrected chi connectivity index (χ4v) is 2.72. The van der Waals surface area contributed by atoms with Crippen molar-refractivity contribution < 1.29 is 13.6 Å². The van der Waals surface area contributed by atoms with E-state index in [9.17, 15) is 4.79 Å². The van der Waals surface area contributed by atoms with Gasteiger partial charge in [0.2, 0.25) is 0 Å². The highest BCUT2D eigenvalue weighted by Gasteiger charge is 2.19. The highest BCUT2D eigenvalue weighted by molar-refractivity contribution is 5.98. The van der Waals surface area contributed by atoms with Gasteiger partial charge in [0, 0.05) is 22.8 Å². The highest BCUT2D eigenvalue weighted by atomic mass is 16.3. The number of hydrogen-bond acceptors (Lipinski definition) is 3. The summed E-state index contributed by atoms with van der Waals surface area (Å²) in [7, 11) is 0. The van der Waals surface area contributed by atoms with Crippen LogP contribution in [0.3, 0.4) is 0 Å². The van der Waals surface area contributed by atoms with Gasteiger partial charge in [-0.3, -0.25) is 0 Å². The monoisotopic (exact) mass is 256 g/mol. The number of aldehydes is 1. The van der Waals surface area contributed by atoms with Crippen LogP contribution in [0.5, 0.6) is 0 Å². The molecular formula is C16H16O3. The fraction of sp³-hybridized carbons (Fsp3) is 0.312. The third kappa shape index (κ3) is 1.86. The minimum atomic E-state index is 0.117. The van der Waals surface area contributed by atoms with Crippen molar-refractivity contribution in [2.24, 2.45) is 0 Å². The first-order chi connectivity index (χ1) is 9.10. The van der Waals surface area contributed by atoms with Crippen molar-refractivity contribution in [3.8, 4) is 0 Å². The van der Waals surface area contributed by atoms with Crippen LogP contribution in [0, 0.1) is 13.8 Å². The van der Waals surface area contributed by atoms with Crippen molar-refractivity contribution in [2.45, 2.75) is 33.1 Å². The largest absolute Gasteiger partial charge is 0.461 e. The minimum absolute atomic E-state index is 0.117. The predicted molar refractivity (Wildman–Crippen MR) is 74.6 cm³/mol. The van der Waals surface area contributed by atoms with Crippen LogP contribution in [-0.2, 0) is 4.79 Å². The third-order valence-corrected chi connectivity index (χ3v) is 3.53. The number of carbonyl (C=O) groups excluding carboxylic acids is 1. The quantitative estimate of drug-likeness (QED) is 0.648. The van der Waals surface area contributed by atoms with Crippen LogP contribution in [0.2, 0.25) is 0 Å². The summed E-state index contributed by atoms with van der Waals surface area (Å²) in [5.74, 6) is 1.86. The summed E-state index contributed by atoms with van der Waals surface area (Å²) < 4.78 is 11.6. The number of hydrogen-bond donors (Lipinski definition) is 0. The second-order valence-electron chi connectivity index (χ2n) is 5.14. The van der Waals surface area contributed by atoms with Crippen LogP contribution in [0.4, 0.5) is 0 Å². The molecule has 0 aliphatic carbocycles. The number of fused-ring (bicyclic) bond motifs is 2. The zero-order chi connectivity index (χ0) is 13.6. The summed E-state index contributed by atoms with van der Waals surface area (Å²) in [6.45, 7) is 5.91. The third-order valence-electron chi connectivity index (χ3n) is 3.53. The van der Waals surface area contributed by atoms with E-state index < -0.39 is 0 Å². The molecule has 0 saturated heterocycles. The topological polar surface area (TPSA) is 43.4 Å². The molecule has 98 valence electrons. The maximum Gasteiger partial charge on any atom is 0.138 e. The molecule has 2 aromatic heterocycles. The molecule has 0 radical (unpaired) electrons. The van der Waals surface area contributed by atoms with E-state index in [0.717, 1.165) is 45.3 Å². The van der Waals surface area contributed by atoms with Crippen molar-refractivity contribution in [1.82, 2.24) is 0 Å². The van der Waals surface area contributed by atoms with E-state index >= 15 is 0 Å². The normalized spacial score (nSPS) is 13.2. The van der Waals surface area contributed by atoms with Crippen molar-refractivity contribution in [3.63, 3.8) is 0 Å². The van der Waals surface area contributed by atoms with E-state index in [4.69, 9.17) is 8.83 Å². The molecule has 0 fully saturated rings.